The average molecular weight is 330 g/mol. The van der Waals surface area contributed by atoms with Crippen LogP contribution < -0.4 is 5.32 Å². The van der Waals surface area contributed by atoms with E-state index in [2.05, 4.69) is 21.2 Å². The van der Waals surface area contributed by atoms with Gasteiger partial charge in [0.25, 0.3) is 5.91 Å². The highest BCUT2D eigenvalue weighted by molar-refractivity contribution is 9.10. The van der Waals surface area contributed by atoms with Crippen molar-refractivity contribution in [2.75, 3.05) is 0 Å². The molecular formula is C12H12BrNO5. The number of hydrogen-bond acceptors (Lipinski definition) is 3. The first kappa shape index (κ1) is 15.2. The van der Waals surface area contributed by atoms with E-state index in [1.165, 1.54) is 6.07 Å². The van der Waals surface area contributed by atoms with Crippen LogP contribution in [0.1, 0.15) is 22.3 Å². The highest BCUT2D eigenvalue weighted by atomic mass is 79.9. The quantitative estimate of drug-likeness (QED) is 0.757. The molecule has 0 fully saturated rings. The van der Waals surface area contributed by atoms with Crippen LogP contribution in [-0.4, -0.2) is 34.1 Å². The Bertz CT molecular complexity index is 529. The van der Waals surface area contributed by atoms with E-state index in [-0.39, 0.29) is 5.56 Å². The molecule has 0 unspecified atom stereocenters. The van der Waals surface area contributed by atoms with Gasteiger partial charge in [-0.25, -0.2) is 4.79 Å². The Hall–Kier alpha value is -1.89. The number of carbonyl (C=O) groups excluding carboxylic acids is 1. The number of aliphatic carboxylic acids is 2. The van der Waals surface area contributed by atoms with Gasteiger partial charge in [-0.1, -0.05) is 12.1 Å². The van der Waals surface area contributed by atoms with Crippen molar-refractivity contribution in [2.24, 2.45) is 0 Å². The van der Waals surface area contributed by atoms with E-state index in [9.17, 15) is 14.4 Å². The van der Waals surface area contributed by atoms with Crippen molar-refractivity contribution < 1.29 is 24.6 Å². The van der Waals surface area contributed by atoms with Crippen LogP contribution in [0.2, 0.25) is 0 Å². The first-order chi connectivity index (χ1) is 8.82. The van der Waals surface area contributed by atoms with Gasteiger partial charge in [0.1, 0.15) is 6.04 Å². The number of halogens is 1. The van der Waals surface area contributed by atoms with Gasteiger partial charge in [0.2, 0.25) is 0 Å². The molecule has 0 saturated heterocycles. The van der Waals surface area contributed by atoms with E-state index >= 15 is 0 Å². The number of carboxylic acids is 2. The SMILES string of the molecule is Cc1cccc(C(=O)N[C@@H](CC(=O)O)C(=O)O)c1Br. The number of nitrogens with one attached hydrogen (secondary N) is 1. The van der Waals surface area contributed by atoms with Crippen LogP contribution in [0.3, 0.4) is 0 Å². The van der Waals surface area contributed by atoms with Crippen molar-refractivity contribution in [3.05, 3.63) is 33.8 Å². The van der Waals surface area contributed by atoms with Crippen molar-refractivity contribution in [3.63, 3.8) is 0 Å². The molecular weight excluding hydrogens is 318 g/mol. The zero-order valence-corrected chi connectivity index (χ0v) is 11.6. The monoisotopic (exact) mass is 329 g/mol. The van der Waals surface area contributed by atoms with Crippen molar-refractivity contribution in [1.29, 1.82) is 0 Å². The third-order valence-electron chi connectivity index (χ3n) is 2.42. The molecule has 0 aliphatic carbocycles. The van der Waals surface area contributed by atoms with Gasteiger partial charge in [0.05, 0.1) is 12.0 Å². The van der Waals surface area contributed by atoms with Crippen LogP contribution in [0.4, 0.5) is 0 Å². The fourth-order valence-corrected chi connectivity index (χ4v) is 1.88. The lowest BCUT2D eigenvalue weighted by atomic mass is 10.1. The van der Waals surface area contributed by atoms with Gasteiger partial charge >= 0.3 is 11.9 Å². The van der Waals surface area contributed by atoms with Crippen LogP contribution in [0.25, 0.3) is 0 Å². The summed E-state index contributed by atoms with van der Waals surface area (Å²) in [5.41, 5.74) is 1.08. The van der Waals surface area contributed by atoms with Gasteiger partial charge in [-0.3, -0.25) is 9.59 Å². The number of aryl methyl sites for hydroxylation is 1. The molecule has 0 aromatic heterocycles. The average Bonchev–Trinajstić information content (AvgIpc) is 2.31. The maximum atomic E-state index is 11.9. The summed E-state index contributed by atoms with van der Waals surface area (Å²) in [6.07, 6.45) is -0.676. The fourth-order valence-electron chi connectivity index (χ4n) is 1.43. The lowest BCUT2D eigenvalue weighted by Gasteiger charge is -2.13. The molecule has 7 heteroatoms. The topological polar surface area (TPSA) is 104 Å². The zero-order valence-electron chi connectivity index (χ0n) is 10.0. The third kappa shape index (κ3) is 4.06. The van der Waals surface area contributed by atoms with Gasteiger partial charge in [0.15, 0.2) is 0 Å². The maximum absolute atomic E-state index is 11.9. The molecule has 102 valence electrons. The lowest BCUT2D eigenvalue weighted by Crippen LogP contribution is -2.42. The fraction of sp³-hybridized carbons (Fsp3) is 0.250. The van der Waals surface area contributed by atoms with Crippen LogP contribution in [0, 0.1) is 6.92 Å². The molecule has 1 aromatic carbocycles. The Kier molecular flexibility index (Phi) is 5.05. The normalized spacial score (nSPS) is 11.7. The van der Waals surface area contributed by atoms with Crippen LogP contribution >= 0.6 is 15.9 Å². The van der Waals surface area contributed by atoms with Gasteiger partial charge < -0.3 is 15.5 Å². The predicted octanol–water partition coefficient (Wildman–Crippen LogP) is 1.42. The Morgan fingerprint density at radius 1 is 1.32 bits per heavy atom. The second kappa shape index (κ2) is 6.33. The number of rotatable bonds is 5. The first-order valence-electron chi connectivity index (χ1n) is 5.33. The van der Waals surface area contributed by atoms with E-state index in [1.54, 1.807) is 19.1 Å². The molecule has 1 atom stereocenters. The Balaban J connectivity index is 2.91. The second-order valence-corrected chi connectivity index (χ2v) is 4.69. The van der Waals surface area contributed by atoms with E-state index in [4.69, 9.17) is 10.2 Å². The summed E-state index contributed by atoms with van der Waals surface area (Å²) in [6, 6.07) is 3.50. The van der Waals surface area contributed by atoms with Crippen LogP contribution in [-0.2, 0) is 9.59 Å². The smallest absolute Gasteiger partial charge is 0.326 e. The standard InChI is InChI=1S/C12H12BrNO5/c1-6-3-2-4-7(10(6)13)11(17)14-8(12(18)19)5-9(15)16/h2-4,8H,5H2,1H3,(H,14,17)(H,15,16)(H,18,19)/t8-/m0/s1. The summed E-state index contributed by atoms with van der Waals surface area (Å²) in [4.78, 5) is 33.3. The maximum Gasteiger partial charge on any atom is 0.326 e. The molecule has 0 saturated carbocycles. The summed E-state index contributed by atoms with van der Waals surface area (Å²) in [7, 11) is 0. The summed E-state index contributed by atoms with van der Waals surface area (Å²) >= 11 is 3.23. The number of amides is 1. The highest BCUT2D eigenvalue weighted by Crippen LogP contribution is 2.21. The number of carboxylic acid groups (broad SMARTS) is 2. The molecule has 0 bridgehead atoms. The van der Waals surface area contributed by atoms with Crippen molar-refractivity contribution in [1.82, 2.24) is 5.32 Å². The molecule has 6 nitrogen and oxygen atoms in total. The lowest BCUT2D eigenvalue weighted by molar-refractivity contribution is -0.145. The molecule has 0 radical (unpaired) electrons. The summed E-state index contributed by atoms with van der Waals surface area (Å²) in [5.74, 6) is -3.32. The third-order valence-corrected chi connectivity index (χ3v) is 3.47. The van der Waals surface area contributed by atoms with E-state index in [1.807, 2.05) is 0 Å². The molecule has 0 heterocycles. The predicted molar refractivity (Wildman–Crippen MR) is 70.0 cm³/mol. The zero-order chi connectivity index (χ0) is 14.6. The Morgan fingerprint density at radius 3 is 2.47 bits per heavy atom. The molecule has 19 heavy (non-hydrogen) atoms. The first-order valence-corrected chi connectivity index (χ1v) is 6.12. The van der Waals surface area contributed by atoms with Crippen molar-refractivity contribution in [2.45, 2.75) is 19.4 Å². The summed E-state index contributed by atoms with van der Waals surface area (Å²) in [5, 5.41) is 19.6. The van der Waals surface area contributed by atoms with Crippen LogP contribution in [0.5, 0.6) is 0 Å². The van der Waals surface area contributed by atoms with E-state index in [0.29, 0.717) is 4.47 Å². The van der Waals surface area contributed by atoms with Gasteiger partial charge in [0, 0.05) is 4.47 Å². The molecule has 0 aliphatic heterocycles. The minimum absolute atomic E-state index is 0.261. The van der Waals surface area contributed by atoms with Crippen molar-refractivity contribution in [3.8, 4) is 0 Å². The number of hydrogen-bond donors (Lipinski definition) is 3. The Morgan fingerprint density at radius 2 is 1.95 bits per heavy atom. The molecule has 1 aromatic rings. The van der Waals surface area contributed by atoms with Gasteiger partial charge in [-0.05, 0) is 34.5 Å². The van der Waals surface area contributed by atoms with Gasteiger partial charge in [-0.15, -0.1) is 0 Å². The minimum atomic E-state index is -1.46. The van der Waals surface area contributed by atoms with Crippen molar-refractivity contribution >= 4 is 33.8 Å². The minimum Gasteiger partial charge on any atom is -0.481 e. The molecule has 1 rings (SSSR count). The second-order valence-electron chi connectivity index (χ2n) is 3.90. The molecule has 0 aliphatic rings. The number of carbonyl (C=O) groups is 3. The van der Waals surface area contributed by atoms with E-state index < -0.39 is 30.3 Å². The summed E-state index contributed by atoms with van der Waals surface area (Å²) in [6.45, 7) is 1.78. The number of benzene rings is 1. The highest BCUT2D eigenvalue weighted by Gasteiger charge is 2.24. The summed E-state index contributed by atoms with van der Waals surface area (Å²) < 4.78 is 0.548. The molecule has 0 spiro atoms. The molecule has 1 amide bonds. The van der Waals surface area contributed by atoms with E-state index in [0.717, 1.165) is 5.56 Å². The van der Waals surface area contributed by atoms with Gasteiger partial charge in [-0.2, -0.15) is 0 Å². The largest absolute Gasteiger partial charge is 0.481 e. The Labute approximate surface area is 117 Å². The molecule has 3 N–H and O–H groups in total. The van der Waals surface area contributed by atoms with Crippen LogP contribution in [0.15, 0.2) is 22.7 Å².